The summed E-state index contributed by atoms with van der Waals surface area (Å²) < 4.78 is 32.1. The van der Waals surface area contributed by atoms with Crippen LogP contribution >= 0.6 is 27.7 Å². The molecule has 0 radical (unpaired) electrons. The van der Waals surface area contributed by atoms with E-state index in [0.717, 1.165) is 29.7 Å². The van der Waals surface area contributed by atoms with Crippen molar-refractivity contribution in [1.82, 2.24) is 4.90 Å². The second-order valence-electron chi connectivity index (χ2n) is 8.05. The van der Waals surface area contributed by atoms with Crippen LogP contribution in [-0.2, 0) is 14.9 Å². The quantitative estimate of drug-likeness (QED) is 0.482. The van der Waals surface area contributed by atoms with E-state index in [9.17, 15) is 13.2 Å². The number of piperidine rings is 1. The van der Waals surface area contributed by atoms with E-state index in [-0.39, 0.29) is 22.5 Å². The van der Waals surface area contributed by atoms with Crippen LogP contribution in [-0.4, -0.2) is 54.8 Å². The van der Waals surface area contributed by atoms with Gasteiger partial charge in [-0.1, -0.05) is 48.3 Å². The molecule has 0 spiro atoms. The zero-order chi connectivity index (χ0) is 20.8. The number of ketones is 1. The van der Waals surface area contributed by atoms with E-state index in [0.29, 0.717) is 6.42 Å². The molecule has 1 aliphatic rings. The van der Waals surface area contributed by atoms with Crippen LogP contribution in [0.25, 0.3) is 0 Å². The molecule has 1 aliphatic heterocycles. The third-order valence-electron chi connectivity index (χ3n) is 5.10. The highest BCUT2D eigenvalue weighted by atomic mass is 79.9. The van der Waals surface area contributed by atoms with Gasteiger partial charge in [0.15, 0.2) is 0 Å². The lowest BCUT2D eigenvalue weighted by Crippen LogP contribution is -2.42. The summed E-state index contributed by atoms with van der Waals surface area (Å²) in [7, 11) is -4.00. The molecule has 28 heavy (non-hydrogen) atoms. The first-order valence-electron chi connectivity index (χ1n) is 9.65. The molecule has 0 aliphatic carbocycles. The van der Waals surface area contributed by atoms with E-state index in [1.54, 1.807) is 0 Å². The summed E-state index contributed by atoms with van der Waals surface area (Å²) in [6.45, 7) is 6.87. The van der Waals surface area contributed by atoms with Crippen molar-refractivity contribution in [3.63, 3.8) is 0 Å². The molecule has 5 nitrogen and oxygen atoms in total. The third kappa shape index (κ3) is 8.14. The molecule has 1 heterocycles. The van der Waals surface area contributed by atoms with Gasteiger partial charge in [-0.05, 0) is 43.6 Å². The molecule has 158 valence electrons. The second-order valence-corrected chi connectivity index (χ2v) is 11.8. The monoisotopic (exact) mass is 491 g/mol. The smallest absolute Gasteiger partial charge is 0.265 e. The maximum Gasteiger partial charge on any atom is 0.265 e. The zero-order valence-corrected chi connectivity index (χ0v) is 19.8. The minimum absolute atomic E-state index is 0.136. The van der Waals surface area contributed by atoms with E-state index in [4.69, 9.17) is 4.55 Å². The van der Waals surface area contributed by atoms with Crippen LogP contribution in [0.2, 0.25) is 0 Å². The maximum atomic E-state index is 13.1. The van der Waals surface area contributed by atoms with Gasteiger partial charge in [0.05, 0.1) is 5.75 Å². The fraction of sp³-hybridized carbons (Fsp3) is 0.650. The van der Waals surface area contributed by atoms with Gasteiger partial charge in [0.2, 0.25) is 0 Å². The standard InChI is InChI=1S/C20H30BrNO4S2/c1-20(2,15-22-10-4-3-5-11-22)19(23)14-18(27-12-13-28(24,25)26)16-6-8-17(21)9-7-16/h6-9,18H,3-5,10-15H2,1-2H3,(H,24,25,26)/t18-/m0/s1. The van der Waals surface area contributed by atoms with Crippen LogP contribution in [0.3, 0.4) is 0 Å². The molecular formula is C20H30BrNO4S2. The average Bonchev–Trinajstić information content (AvgIpc) is 2.61. The number of benzene rings is 1. The number of nitrogens with zero attached hydrogens (tertiary/aromatic N) is 1. The third-order valence-corrected chi connectivity index (χ3v) is 7.88. The molecule has 1 fully saturated rings. The van der Waals surface area contributed by atoms with E-state index < -0.39 is 15.5 Å². The molecule has 0 amide bonds. The lowest BCUT2D eigenvalue weighted by atomic mass is 9.84. The Morgan fingerprint density at radius 2 is 1.82 bits per heavy atom. The summed E-state index contributed by atoms with van der Waals surface area (Å²) in [5.74, 6) is 0.125. The Labute approximate surface area is 181 Å². The van der Waals surface area contributed by atoms with Crippen LogP contribution in [0.4, 0.5) is 0 Å². The van der Waals surface area contributed by atoms with Crippen molar-refractivity contribution in [2.24, 2.45) is 5.41 Å². The first kappa shape index (κ1) is 23.9. The summed E-state index contributed by atoms with van der Waals surface area (Å²) in [6, 6.07) is 7.77. The summed E-state index contributed by atoms with van der Waals surface area (Å²) in [5.41, 5.74) is 0.542. The van der Waals surface area contributed by atoms with Crippen molar-refractivity contribution in [3.8, 4) is 0 Å². The van der Waals surface area contributed by atoms with Gasteiger partial charge in [-0.3, -0.25) is 9.35 Å². The lowest BCUT2D eigenvalue weighted by Gasteiger charge is -2.34. The van der Waals surface area contributed by atoms with Crippen molar-refractivity contribution in [2.75, 3.05) is 31.1 Å². The second kappa shape index (κ2) is 10.6. The highest BCUT2D eigenvalue weighted by Gasteiger charge is 2.32. The number of carbonyl (C=O) groups is 1. The average molecular weight is 493 g/mol. The number of hydrogen-bond donors (Lipinski definition) is 1. The number of halogens is 1. The Morgan fingerprint density at radius 1 is 1.21 bits per heavy atom. The molecule has 0 aromatic heterocycles. The van der Waals surface area contributed by atoms with Crippen molar-refractivity contribution in [2.45, 2.75) is 44.8 Å². The number of Topliss-reactive ketones (excluding diaryl/α,β-unsaturated/α-hetero) is 1. The minimum Gasteiger partial charge on any atom is -0.302 e. The molecule has 0 unspecified atom stereocenters. The minimum atomic E-state index is -4.00. The lowest BCUT2D eigenvalue weighted by molar-refractivity contribution is -0.128. The number of thioether (sulfide) groups is 1. The normalized spacial score (nSPS) is 17.4. The zero-order valence-electron chi connectivity index (χ0n) is 16.6. The Hall–Kier alpha value is -0.410. The fourth-order valence-electron chi connectivity index (χ4n) is 3.46. The van der Waals surface area contributed by atoms with Crippen LogP contribution in [0.15, 0.2) is 28.7 Å². The SMILES string of the molecule is CC(C)(CN1CCCCC1)C(=O)C[C@H](SCCS(=O)(=O)O)c1ccc(Br)cc1. The van der Waals surface area contributed by atoms with Gasteiger partial charge >= 0.3 is 0 Å². The Morgan fingerprint density at radius 3 is 2.39 bits per heavy atom. The van der Waals surface area contributed by atoms with Crippen molar-refractivity contribution < 1.29 is 17.8 Å². The number of rotatable bonds is 10. The predicted octanol–water partition coefficient (Wildman–Crippen LogP) is 4.58. The summed E-state index contributed by atoms with van der Waals surface area (Å²) in [6.07, 6.45) is 3.99. The van der Waals surface area contributed by atoms with Gasteiger partial charge in [-0.2, -0.15) is 20.2 Å². The van der Waals surface area contributed by atoms with Gasteiger partial charge in [-0.25, -0.2) is 0 Å². The van der Waals surface area contributed by atoms with Crippen molar-refractivity contribution >= 4 is 43.6 Å². The molecule has 1 aromatic rings. The van der Waals surface area contributed by atoms with Gasteiger partial charge in [0.1, 0.15) is 5.78 Å². The maximum absolute atomic E-state index is 13.1. The number of hydrogen-bond acceptors (Lipinski definition) is 5. The molecule has 1 N–H and O–H groups in total. The predicted molar refractivity (Wildman–Crippen MR) is 119 cm³/mol. The molecule has 0 bridgehead atoms. The molecule has 8 heteroatoms. The van der Waals surface area contributed by atoms with Crippen LogP contribution in [0.5, 0.6) is 0 Å². The molecule has 1 aromatic carbocycles. The van der Waals surface area contributed by atoms with E-state index in [1.807, 2.05) is 38.1 Å². The Balaban J connectivity index is 2.06. The van der Waals surface area contributed by atoms with Crippen LogP contribution in [0, 0.1) is 5.41 Å². The molecule has 1 saturated heterocycles. The topological polar surface area (TPSA) is 74.7 Å². The number of likely N-dealkylation sites (tertiary alicyclic amines) is 1. The molecule has 2 rings (SSSR count). The largest absolute Gasteiger partial charge is 0.302 e. The van der Waals surface area contributed by atoms with Gasteiger partial charge in [-0.15, -0.1) is 0 Å². The van der Waals surface area contributed by atoms with E-state index in [2.05, 4.69) is 20.8 Å². The van der Waals surface area contributed by atoms with Gasteiger partial charge in [0, 0.05) is 33.9 Å². The summed E-state index contributed by atoms with van der Waals surface area (Å²) in [5, 5.41) is -0.136. The van der Waals surface area contributed by atoms with Crippen molar-refractivity contribution in [3.05, 3.63) is 34.3 Å². The van der Waals surface area contributed by atoms with Crippen LogP contribution in [0.1, 0.15) is 50.3 Å². The highest BCUT2D eigenvalue weighted by Crippen LogP contribution is 2.36. The van der Waals surface area contributed by atoms with E-state index >= 15 is 0 Å². The Kier molecular flexibility index (Phi) is 9.01. The molecule has 1 atom stereocenters. The highest BCUT2D eigenvalue weighted by molar-refractivity contribution is 9.10. The fourth-order valence-corrected chi connectivity index (χ4v) is 5.85. The van der Waals surface area contributed by atoms with Gasteiger partial charge < -0.3 is 4.90 Å². The number of carbonyl (C=O) groups excluding carboxylic acids is 1. The first-order chi connectivity index (χ1) is 13.1. The molecule has 0 saturated carbocycles. The summed E-state index contributed by atoms with van der Waals surface area (Å²) >= 11 is 4.83. The molecular weight excluding hydrogens is 462 g/mol. The van der Waals surface area contributed by atoms with Crippen molar-refractivity contribution in [1.29, 1.82) is 0 Å². The summed E-state index contributed by atoms with van der Waals surface area (Å²) in [4.78, 5) is 15.5. The van der Waals surface area contributed by atoms with Gasteiger partial charge in [0.25, 0.3) is 10.1 Å². The first-order valence-corrected chi connectivity index (χ1v) is 13.1. The Bertz CT molecular complexity index is 744. The van der Waals surface area contributed by atoms with Crippen LogP contribution < -0.4 is 0 Å². The van der Waals surface area contributed by atoms with E-state index in [1.165, 1.54) is 31.0 Å².